The van der Waals surface area contributed by atoms with Crippen LogP contribution in [0.4, 0.5) is 5.69 Å². The Labute approximate surface area is 236 Å². The highest BCUT2D eigenvalue weighted by atomic mass is 35.5. The van der Waals surface area contributed by atoms with Crippen LogP contribution in [0.1, 0.15) is 52.0 Å². The molecule has 0 radical (unpaired) electrons. The number of rotatable bonds is 14. The molecule has 0 saturated carbocycles. The van der Waals surface area contributed by atoms with E-state index >= 15 is 0 Å². The number of nitrogens with zero attached hydrogens (tertiary/aromatic N) is 2. The molecule has 0 aliphatic carbocycles. The van der Waals surface area contributed by atoms with E-state index in [2.05, 4.69) is 5.32 Å². The number of halogens is 2. The third kappa shape index (κ3) is 9.06. The van der Waals surface area contributed by atoms with Gasteiger partial charge in [0, 0.05) is 30.6 Å². The van der Waals surface area contributed by atoms with Crippen LogP contribution in [-0.2, 0) is 26.2 Å². The molecule has 0 aliphatic heterocycles. The zero-order chi connectivity index (χ0) is 28.5. The largest absolute Gasteiger partial charge is 0.497 e. The molecule has 11 heteroatoms. The Kier molecular flexibility index (Phi) is 12.2. The van der Waals surface area contributed by atoms with E-state index in [-0.39, 0.29) is 54.5 Å². The predicted octanol–water partition coefficient (Wildman–Crippen LogP) is 5.27. The van der Waals surface area contributed by atoms with Crippen LogP contribution in [0.3, 0.4) is 0 Å². The molecule has 2 aromatic carbocycles. The molecular formula is C27H37Cl2N3O5S. The number of hydrogen-bond donors (Lipinski definition) is 1. The van der Waals surface area contributed by atoms with Gasteiger partial charge in [0.1, 0.15) is 11.8 Å². The highest BCUT2D eigenvalue weighted by Crippen LogP contribution is 2.31. The third-order valence-corrected chi connectivity index (χ3v) is 7.94. The van der Waals surface area contributed by atoms with E-state index in [1.54, 1.807) is 18.1 Å². The van der Waals surface area contributed by atoms with Gasteiger partial charge in [-0.25, -0.2) is 8.42 Å². The minimum Gasteiger partial charge on any atom is -0.497 e. The zero-order valence-corrected chi connectivity index (χ0v) is 24.9. The average molecular weight is 587 g/mol. The summed E-state index contributed by atoms with van der Waals surface area (Å²) in [6.07, 6.45) is 2.51. The first kappa shape index (κ1) is 31.7. The minimum atomic E-state index is -3.70. The summed E-state index contributed by atoms with van der Waals surface area (Å²) >= 11 is 12.3. The summed E-state index contributed by atoms with van der Waals surface area (Å²) in [5.41, 5.74) is 1.07. The first-order valence-electron chi connectivity index (χ1n) is 12.6. The number of hydrogen-bond acceptors (Lipinski definition) is 5. The topological polar surface area (TPSA) is 96.0 Å². The Morgan fingerprint density at radius 1 is 1.08 bits per heavy atom. The lowest BCUT2D eigenvalue weighted by atomic mass is 10.1. The summed E-state index contributed by atoms with van der Waals surface area (Å²) in [6.45, 7) is 5.98. The van der Waals surface area contributed by atoms with Crippen molar-refractivity contribution >= 4 is 50.7 Å². The number of ether oxygens (including phenoxy) is 1. The van der Waals surface area contributed by atoms with Gasteiger partial charge in [0.05, 0.1) is 24.1 Å². The monoisotopic (exact) mass is 585 g/mol. The maximum atomic E-state index is 13.6. The second-order valence-electron chi connectivity index (χ2n) is 9.15. The molecule has 0 saturated heterocycles. The summed E-state index contributed by atoms with van der Waals surface area (Å²) in [6, 6.07) is 11.2. The Morgan fingerprint density at radius 2 is 1.79 bits per heavy atom. The minimum absolute atomic E-state index is 0.0213. The normalized spacial score (nSPS) is 12.9. The second kappa shape index (κ2) is 14.6. The fraction of sp³-hybridized carbons (Fsp3) is 0.481. The SMILES string of the molecule is CC[C@H](C)NC(=O)[C@H](CC)N(Cc1cccc(OC)c1)C(=O)CCCN(c1cc(Cl)ccc1Cl)S(C)(=O)=O. The van der Waals surface area contributed by atoms with Gasteiger partial charge < -0.3 is 15.0 Å². The molecule has 1 N–H and O–H groups in total. The van der Waals surface area contributed by atoms with Gasteiger partial charge in [-0.1, -0.05) is 49.2 Å². The van der Waals surface area contributed by atoms with E-state index in [1.807, 2.05) is 45.0 Å². The van der Waals surface area contributed by atoms with E-state index in [4.69, 9.17) is 27.9 Å². The lowest BCUT2D eigenvalue weighted by Gasteiger charge is -2.32. The highest BCUT2D eigenvalue weighted by Gasteiger charge is 2.29. The molecule has 0 unspecified atom stereocenters. The van der Waals surface area contributed by atoms with E-state index < -0.39 is 16.1 Å². The number of methoxy groups -OCH3 is 1. The Morgan fingerprint density at radius 3 is 2.39 bits per heavy atom. The summed E-state index contributed by atoms with van der Waals surface area (Å²) in [4.78, 5) is 28.2. The fourth-order valence-corrected chi connectivity index (χ4v) is 5.39. The zero-order valence-electron chi connectivity index (χ0n) is 22.5. The van der Waals surface area contributed by atoms with Crippen molar-refractivity contribution in [3.63, 3.8) is 0 Å². The van der Waals surface area contributed by atoms with Gasteiger partial charge in [0.15, 0.2) is 0 Å². The lowest BCUT2D eigenvalue weighted by Crippen LogP contribution is -2.50. The molecule has 8 nitrogen and oxygen atoms in total. The van der Waals surface area contributed by atoms with E-state index in [9.17, 15) is 18.0 Å². The van der Waals surface area contributed by atoms with Crippen LogP contribution >= 0.6 is 23.2 Å². The van der Waals surface area contributed by atoms with Gasteiger partial charge in [-0.2, -0.15) is 0 Å². The van der Waals surface area contributed by atoms with Crippen molar-refractivity contribution < 1.29 is 22.7 Å². The van der Waals surface area contributed by atoms with E-state index in [0.717, 1.165) is 22.5 Å². The molecule has 0 bridgehead atoms. The number of amides is 2. The Balaban J connectivity index is 2.28. The van der Waals surface area contributed by atoms with Crippen molar-refractivity contribution in [2.75, 3.05) is 24.2 Å². The van der Waals surface area contributed by atoms with Crippen LogP contribution in [0, 0.1) is 0 Å². The van der Waals surface area contributed by atoms with E-state index in [0.29, 0.717) is 17.2 Å². The van der Waals surface area contributed by atoms with Gasteiger partial charge in [-0.15, -0.1) is 0 Å². The molecule has 2 atom stereocenters. The quantitative estimate of drug-likeness (QED) is 0.326. The molecule has 210 valence electrons. The first-order valence-corrected chi connectivity index (χ1v) is 15.2. The summed E-state index contributed by atoms with van der Waals surface area (Å²) < 4.78 is 31.6. The van der Waals surface area contributed by atoms with Crippen molar-refractivity contribution in [2.45, 2.75) is 65.1 Å². The molecule has 0 aliphatic rings. The maximum Gasteiger partial charge on any atom is 0.243 e. The van der Waals surface area contributed by atoms with Crippen LogP contribution in [0.2, 0.25) is 10.0 Å². The van der Waals surface area contributed by atoms with Crippen molar-refractivity contribution in [1.82, 2.24) is 10.2 Å². The fourth-order valence-electron chi connectivity index (χ4n) is 3.99. The second-order valence-corrected chi connectivity index (χ2v) is 11.9. The van der Waals surface area contributed by atoms with Gasteiger partial charge in [0.25, 0.3) is 0 Å². The van der Waals surface area contributed by atoms with Crippen molar-refractivity contribution in [1.29, 1.82) is 0 Å². The van der Waals surface area contributed by atoms with Crippen LogP contribution in [0.15, 0.2) is 42.5 Å². The number of carbonyl (C=O) groups excluding carboxylic acids is 2. The smallest absolute Gasteiger partial charge is 0.243 e. The van der Waals surface area contributed by atoms with Gasteiger partial charge in [-0.05, 0) is 62.1 Å². The molecular weight excluding hydrogens is 549 g/mol. The summed E-state index contributed by atoms with van der Waals surface area (Å²) in [5.74, 6) is 0.167. The Bertz CT molecular complexity index is 1210. The van der Waals surface area contributed by atoms with Gasteiger partial charge in [-0.3, -0.25) is 13.9 Å². The van der Waals surface area contributed by atoms with Crippen LogP contribution in [-0.4, -0.2) is 57.1 Å². The molecule has 0 heterocycles. The Hall–Kier alpha value is -2.49. The number of sulfonamides is 1. The summed E-state index contributed by atoms with van der Waals surface area (Å²) in [5, 5.41) is 3.56. The number of anilines is 1. The highest BCUT2D eigenvalue weighted by molar-refractivity contribution is 7.92. The molecule has 0 spiro atoms. The van der Waals surface area contributed by atoms with Gasteiger partial charge >= 0.3 is 0 Å². The number of benzene rings is 2. The predicted molar refractivity (Wildman–Crippen MR) is 153 cm³/mol. The molecule has 2 aromatic rings. The van der Waals surface area contributed by atoms with Crippen molar-refractivity contribution in [3.8, 4) is 5.75 Å². The lowest BCUT2D eigenvalue weighted by molar-refractivity contribution is -0.141. The van der Waals surface area contributed by atoms with Crippen molar-refractivity contribution in [2.24, 2.45) is 0 Å². The molecule has 2 rings (SSSR count). The standard InChI is InChI=1S/C27H37Cl2N3O5S/c1-6-19(3)30-27(34)24(7-2)31(18-20-10-8-11-22(16-20)37-4)26(33)12-9-15-32(38(5,35)36)25-17-21(28)13-14-23(25)29/h8,10-11,13-14,16-17,19,24H,6-7,9,12,15,18H2,1-5H3,(H,30,34)/t19-,24-/m0/s1. The number of carbonyl (C=O) groups is 2. The number of nitrogens with one attached hydrogen (secondary N) is 1. The average Bonchev–Trinajstić information content (AvgIpc) is 2.87. The molecule has 0 aromatic heterocycles. The summed E-state index contributed by atoms with van der Waals surface area (Å²) in [7, 11) is -2.13. The van der Waals surface area contributed by atoms with Crippen LogP contribution in [0.5, 0.6) is 5.75 Å². The van der Waals surface area contributed by atoms with Crippen molar-refractivity contribution in [3.05, 3.63) is 58.1 Å². The van der Waals surface area contributed by atoms with Crippen LogP contribution < -0.4 is 14.4 Å². The first-order chi connectivity index (χ1) is 17.9. The molecule has 0 fully saturated rings. The maximum absolute atomic E-state index is 13.6. The molecule has 2 amide bonds. The van der Waals surface area contributed by atoms with Crippen LogP contribution in [0.25, 0.3) is 0 Å². The molecule has 38 heavy (non-hydrogen) atoms. The third-order valence-electron chi connectivity index (χ3n) is 6.20. The van der Waals surface area contributed by atoms with E-state index in [1.165, 1.54) is 12.1 Å². The van der Waals surface area contributed by atoms with Gasteiger partial charge in [0.2, 0.25) is 21.8 Å².